The van der Waals surface area contributed by atoms with E-state index in [1.165, 1.54) is 6.07 Å². The minimum Gasteiger partial charge on any atom is -0.334 e. The lowest BCUT2D eigenvalue weighted by Gasteiger charge is -2.02. The smallest absolute Gasteiger partial charge is 0.280 e. The Hall–Kier alpha value is -2.17. The molecule has 2 aromatic rings. The summed E-state index contributed by atoms with van der Waals surface area (Å²) in [4.78, 5) is 14.5. The average molecular weight is 203 g/mol. The van der Waals surface area contributed by atoms with Gasteiger partial charge in [-0.05, 0) is 6.07 Å². The van der Waals surface area contributed by atoms with Gasteiger partial charge in [0, 0.05) is 25.5 Å². The third-order valence-electron chi connectivity index (χ3n) is 2.16. The summed E-state index contributed by atoms with van der Waals surface area (Å²) in [6.07, 6.45) is 3.37. The molecule has 0 aliphatic carbocycles. The number of aryl methyl sites for hydroxylation is 1. The molecule has 0 N–H and O–H groups in total. The molecule has 1 aromatic carbocycles. The van der Waals surface area contributed by atoms with Gasteiger partial charge < -0.3 is 4.57 Å². The number of nitrogens with zero attached hydrogens (tertiary/aromatic N) is 3. The lowest BCUT2D eigenvalue weighted by atomic mass is 10.1. The van der Waals surface area contributed by atoms with Crippen LogP contribution in [0.25, 0.3) is 11.4 Å². The van der Waals surface area contributed by atoms with E-state index in [0.29, 0.717) is 11.4 Å². The van der Waals surface area contributed by atoms with Crippen molar-refractivity contribution < 1.29 is 4.92 Å². The number of nitro groups is 1. The quantitative estimate of drug-likeness (QED) is 0.554. The zero-order valence-electron chi connectivity index (χ0n) is 8.12. The van der Waals surface area contributed by atoms with Crippen LogP contribution in [0.15, 0.2) is 36.7 Å². The molecule has 1 heterocycles. The first kappa shape index (κ1) is 9.39. The highest BCUT2D eigenvalue weighted by atomic mass is 16.6. The molecule has 15 heavy (non-hydrogen) atoms. The molecule has 2 rings (SSSR count). The van der Waals surface area contributed by atoms with Crippen LogP contribution in [0.1, 0.15) is 0 Å². The van der Waals surface area contributed by atoms with Gasteiger partial charge in [0.25, 0.3) is 5.69 Å². The molecular weight excluding hydrogens is 194 g/mol. The number of hydrogen-bond donors (Lipinski definition) is 0. The molecule has 1 aromatic heterocycles. The van der Waals surface area contributed by atoms with Crippen molar-refractivity contribution in [2.45, 2.75) is 0 Å². The highest BCUT2D eigenvalue weighted by Crippen LogP contribution is 2.27. The number of benzene rings is 1. The summed E-state index contributed by atoms with van der Waals surface area (Å²) in [5, 5.41) is 10.8. The van der Waals surface area contributed by atoms with Gasteiger partial charge in [-0.1, -0.05) is 12.1 Å². The Labute approximate surface area is 86.1 Å². The molecule has 0 fully saturated rings. The van der Waals surface area contributed by atoms with Gasteiger partial charge in [-0.2, -0.15) is 0 Å². The first-order valence-corrected chi connectivity index (χ1v) is 4.41. The summed E-state index contributed by atoms with van der Waals surface area (Å²) >= 11 is 0. The van der Waals surface area contributed by atoms with E-state index in [-0.39, 0.29) is 5.69 Å². The van der Waals surface area contributed by atoms with Crippen molar-refractivity contribution in [2.24, 2.45) is 7.05 Å². The summed E-state index contributed by atoms with van der Waals surface area (Å²) < 4.78 is 1.75. The molecule has 0 spiro atoms. The highest BCUT2D eigenvalue weighted by Gasteiger charge is 2.16. The Morgan fingerprint density at radius 1 is 1.40 bits per heavy atom. The third-order valence-corrected chi connectivity index (χ3v) is 2.16. The summed E-state index contributed by atoms with van der Waals surface area (Å²) in [6, 6.07) is 6.58. The maximum absolute atomic E-state index is 10.8. The molecule has 0 bridgehead atoms. The SMILES string of the molecule is Cn1ccnc1-c1ccccc1[N+](=O)[O-]. The number of nitro benzene ring substituents is 1. The number of aromatic nitrogens is 2. The Balaban J connectivity index is 2.63. The molecule has 0 radical (unpaired) electrons. The number of imidazole rings is 1. The van der Waals surface area contributed by atoms with Gasteiger partial charge in [-0.3, -0.25) is 10.1 Å². The van der Waals surface area contributed by atoms with Crippen LogP contribution in [0.3, 0.4) is 0 Å². The summed E-state index contributed by atoms with van der Waals surface area (Å²) in [5.41, 5.74) is 0.613. The van der Waals surface area contributed by atoms with Crippen LogP contribution in [0.5, 0.6) is 0 Å². The van der Waals surface area contributed by atoms with Crippen LogP contribution in [-0.2, 0) is 7.05 Å². The Kier molecular flexibility index (Phi) is 2.21. The van der Waals surface area contributed by atoms with Crippen LogP contribution in [-0.4, -0.2) is 14.5 Å². The molecule has 0 saturated carbocycles. The molecule has 0 aliphatic rings. The fourth-order valence-electron chi connectivity index (χ4n) is 1.45. The van der Waals surface area contributed by atoms with Gasteiger partial charge in [-0.15, -0.1) is 0 Å². The summed E-state index contributed by atoms with van der Waals surface area (Å²) in [7, 11) is 1.80. The van der Waals surface area contributed by atoms with E-state index >= 15 is 0 Å². The van der Waals surface area contributed by atoms with Crippen LogP contribution in [0.4, 0.5) is 5.69 Å². The van der Waals surface area contributed by atoms with Crippen LogP contribution < -0.4 is 0 Å². The molecule has 0 amide bonds. The topological polar surface area (TPSA) is 61.0 Å². The highest BCUT2D eigenvalue weighted by molar-refractivity contribution is 5.68. The normalized spacial score (nSPS) is 10.2. The van der Waals surface area contributed by atoms with E-state index in [4.69, 9.17) is 0 Å². The van der Waals surface area contributed by atoms with Gasteiger partial charge in [0.1, 0.15) is 5.82 Å². The van der Waals surface area contributed by atoms with E-state index in [2.05, 4.69) is 4.98 Å². The van der Waals surface area contributed by atoms with Gasteiger partial charge in [0.15, 0.2) is 0 Å². The molecule has 0 aliphatic heterocycles. The van der Waals surface area contributed by atoms with E-state index < -0.39 is 4.92 Å². The van der Waals surface area contributed by atoms with E-state index in [1.807, 2.05) is 0 Å². The zero-order chi connectivity index (χ0) is 10.8. The molecule has 0 saturated heterocycles. The lowest BCUT2D eigenvalue weighted by molar-refractivity contribution is -0.384. The predicted octanol–water partition coefficient (Wildman–Crippen LogP) is 2.00. The Morgan fingerprint density at radius 2 is 2.13 bits per heavy atom. The third kappa shape index (κ3) is 1.59. The number of para-hydroxylation sites is 1. The summed E-state index contributed by atoms with van der Waals surface area (Å²) in [6.45, 7) is 0. The van der Waals surface area contributed by atoms with Crippen molar-refractivity contribution in [3.8, 4) is 11.4 Å². The second kappa shape index (κ2) is 3.53. The van der Waals surface area contributed by atoms with Crippen molar-refractivity contribution in [2.75, 3.05) is 0 Å². The van der Waals surface area contributed by atoms with Crippen molar-refractivity contribution in [3.63, 3.8) is 0 Å². The van der Waals surface area contributed by atoms with Crippen molar-refractivity contribution in [1.82, 2.24) is 9.55 Å². The standard InChI is InChI=1S/C10H9N3O2/c1-12-7-6-11-10(12)8-4-2-3-5-9(8)13(14)15/h2-7H,1H3. The second-order valence-corrected chi connectivity index (χ2v) is 3.14. The van der Waals surface area contributed by atoms with E-state index in [9.17, 15) is 10.1 Å². The van der Waals surface area contributed by atoms with Crippen molar-refractivity contribution in [3.05, 3.63) is 46.8 Å². The maximum Gasteiger partial charge on any atom is 0.280 e. The zero-order valence-corrected chi connectivity index (χ0v) is 8.12. The van der Waals surface area contributed by atoms with Gasteiger partial charge >= 0.3 is 0 Å². The van der Waals surface area contributed by atoms with Crippen molar-refractivity contribution in [1.29, 1.82) is 0 Å². The monoisotopic (exact) mass is 203 g/mol. The molecule has 0 unspecified atom stereocenters. The average Bonchev–Trinajstić information content (AvgIpc) is 2.64. The predicted molar refractivity (Wildman–Crippen MR) is 55.3 cm³/mol. The lowest BCUT2D eigenvalue weighted by Crippen LogP contribution is -1.96. The van der Waals surface area contributed by atoms with Crippen LogP contribution in [0, 0.1) is 10.1 Å². The number of rotatable bonds is 2. The van der Waals surface area contributed by atoms with Crippen LogP contribution in [0.2, 0.25) is 0 Å². The van der Waals surface area contributed by atoms with Gasteiger partial charge in [0.05, 0.1) is 10.5 Å². The molecule has 5 nitrogen and oxygen atoms in total. The Morgan fingerprint density at radius 3 is 2.73 bits per heavy atom. The minimum atomic E-state index is -0.399. The molecular formula is C10H9N3O2. The number of hydrogen-bond acceptors (Lipinski definition) is 3. The first-order chi connectivity index (χ1) is 7.20. The Bertz CT molecular complexity index is 505. The van der Waals surface area contributed by atoms with Crippen molar-refractivity contribution >= 4 is 5.69 Å². The van der Waals surface area contributed by atoms with Gasteiger partial charge in [0.2, 0.25) is 0 Å². The van der Waals surface area contributed by atoms with E-state index in [0.717, 1.165) is 0 Å². The minimum absolute atomic E-state index is 0.0757. The molecule has 0 atom stereocenters. The summed E-state index contributed by atoms with van der Waals surface area (Å²) in [5.74, 6) is 0.599. The second-order valence-electron chi connectivity index (χ2n) is 3.14. The largest absolute Gasteiger partial charge is 0.334 e. The maximum atomic E-state index is 10.8. The molecule has 76 valence electrons. The first-order valence-electron chi connectivity index (χ1n) is 4.41. The fraction of sp³-hybridized carbons (Fsp3) is 0.100. The van der Waals surface area contributed by atoms with Crippen LogP contribution >= 0.6 is 0 Å². The fourth-order valence-corrected chi connectivity index (χ4v) is 1.45. The van der Waals surface area contributed by atoms with E-state index in [1.54, 1.807) is 42.2 Å². The van der Waals surface area contributed by atoms with Gasteiger partial charge in [-0.25, -0.2) is 4.98 Å². The molecule has 5 heteroatoms.